The summed E-state index contributed by atoms with van der Waals surface area (Å²) in [4.78, 5) is 0. The number of aryl methyl sites for hydroxylation is 1. The van der Waals surface area contributed by atoms with E-state index in [2.05, 4.69) is 0 Å². The predicted octanol–water partition coefficient (Wildman–Crippen LogP) is 4.30. The summed E-state index contributed by atoms with van der Waals surface area (Å²) in [5.74, 6) is 1.50. The van der Waals surface area contributed by atoms with Crippen molar-refractivity contribution in [2.75, 3.05) is 14.2 Å². The van der Waals surface area contributed by atoms with Crippen molar-refractivity contribution >= 4 is 6.08 Å². The minimum absolute atomic E-state index is 0.104. The minimum atomic E-state index is -0.345. The van der Waals surface area contributed by atoms with Crippen LogP contribution in [0.2, 0.25) is 0 Å². The summed E-state index contributed by atoms with van der Waals surface area (Å²) in [7, 11) is 2.97. The van der Waals surface area contributed by atoms with Gasteiger partial charge >= 0.3 is 0 Å². The van der Waals surface area contributed by atoms with E-state index >= 15 is 0 Å². The third kappa shape index (κ3) is 3.94. The zero-order valence-electron chi connectivity index (χ0n) is 15.1. The first-order valence-electron chi connectivity index (χ1n) is 8.71. The highest BCUT2D eigenvalue weighted by Gasteiger charge is 2.20. The van der Waals surface area contributed by atoms with Crippen LogP contribution in [-0.2, 0) is 6.42 Å². The van der Waals surface area contributed by atoms with Crippen LogP contribution in [0.4, 0.5) is 0 Å². The number of rotatable bonds is 2. The summed E-state index contributed by atoms with van der Waals surface area (Å²) in [6, 6.07) is 9.49. The fourth-order valence-corrected chi connectivity index (χ4v) is 3.07. The van der Waals surface area contributed by atoms with E-state index in [0.29, 0.717) is 29.2 Å². The molecule has 4 bridgehead atoms. The van der Waals surface area contributed by atoms with Gasteiger partial charge < -0.3 is 24.4 Å². The molecule has 4 rings (SSSR count). The maximum atomic E-state index is 10.5. The minimum Gasteiger partial charge on any atom is -0.502 e. The number of hydrogen-bond donors (Lipinski definition) is 2. The molecule has 0 unspecified atom stereocenters. The van der Waals surface area contributed by atoms with Crippen molar-refractivity contribution < 1.29 is 24.4 Å². The molecule has 2 aliphatic heterocycles. The Kier molecular flexibility index (Phi) is 5.68. The molecule has 0 aliphatic carbocycles. The number of phenolic OH excluding ortho intramolecular Hbond substituents is 1. The van der Waals surface area contributed by atoms with Gasteiger partial charge in [-0.3, -0.25) is 0 Å². The third-order valence-corrected chi connectivity index (χ3v) is 4.49. The van der Waals surface area contributed by atoms with E-state index in [1.165, 1.54) is 14.2 Å². The van der Waals surface area contributed by atoms with Crippen LogP contribution in [0.5, 0.6) is 28.7 Å². The fourth-order valence-electron chi connectivity index (χ4n) is 3.07. The van der Waals surface area contributed by atoms with Crippen LogP contribution in [0.25, 0.3) is 6.08 Å². The van der Waals surface area contributed by atoms with Gasteiger partial charge in [0.15, 0.2) is 11.5 Å². The van der Waals surface area contributed by atoms with E-state index in [-0.39, 0.29) is 17.6 Å². The second-order valence-electron chi connectivity index (χ2n) is 6.30. The topological polar surface area (TPSA) is 68.2 Å². The molecule has 2 aromatic carbocycles. The summed E-state index contributed by atoms with van der Waals surface area (Å²) < 4.78 is 16.6. The maximum absolute atomic E-state index is 10.5. The molecule has 2 aliphatic rings. The van der Waals surface area contributed by atoms with E-state index < -0.39 is 0 Å². The first-order chi connectivity index (χ1) is 12.6. The van der Waals surface area contributed by atoms with Crippen LogP contribution in [0.1, 0.15) is 30.4 Å². The molecule has 2 heterocycles. The average molecular weight is 356 g/mol. The van der Waals surface area contributed by atoms with Gasteiger partial charge in [0.2, 0.25) is 11.5 Å². The summed E-state index contributed by atoms with van der Waals surface area (Å²) in [6.45, 7) is 0. The largest absolute Gasteiger partial charge is 0.502 e. The number of fused-ring (bicyclic) bond motifs is 7. The Labute approximate surface area is 153 Å². The zero-order valence-corrected chi connectivity index (χ0v) is 15.1. The van der Waals surface area contributed by atoms with E-state index in [1.807, 2.05) is 36.4 Å². The Morgan fingerprint density at radius 1 is 1.04 bits per heavy atom. The fraction of sp³-hybridized carbons (Fsp3) is 0.333. The van der Waals surface area contributed by atoms with Crippen LogP contribution >= 0.6 is 0 Å². The number of aliphatic hydroxyl groups is 1. The summed E-state index contributed by atoms with van der Waals surface area (Å²) in [5.41, 5.74) is 1.83. The summed E-state index contributed by atoms with van der Waals surface area (Å²) >= 11 is 0. The highest BCUT2D eigenvalue weighted by Crippen LogP contribution is 2.47. The quantitative estimate of drug-likeness (QED) is 0.840. The first kappa shape index (κ1) is 18.1. The molecule has 0 fully saturated rings. The van der Waals surface area contributed by atoms with Crippen molar-refractivity contribution in [1.29, 1.82) is 0 Å². The van der Waals surface area contributed by atoms with E-state index in [9.17, 15) is 10.2 Å². The Bertz CT molecular complexity index is 780. The number of ether oxygens (including phenoxy) is 3. The van der Waals surface area contributed by atoms with E-state index in [1.54, 1.807) is 6.07 Å². The zero-order chi connectivity index (χ0) is 18.5. The smallest absolute Gasteiger partial charge is 0.207 e. The van der Waals surface area contributed by atoms with Crippen LogP contribution < -0.4 is 14.2 Å². The molecule has 0 saturated heterocycles. The van der Waals surface area contributed by atoms with Crippen molar-refractivity contribution in [3.63, 3.8) is 0 Å². The molecule has 1 atom stereocenters. The van der Waals surface area contributed by atoms with Gasteiger partial charge in [-0.2, -0.15) is 0 Å². The van der Waals surface area contributed by atoms with Crippen molar-refractivity contribution in [2.45, 2.75) is 31.8 Å². The average Bonchev–Trinajstić information content (AvgIpc) is 2.65. The van der Waals surface area contributed by atoms with Gasteiger partial charge in [-0.1, -0.05) is 24.3 Å². The molecule has 0 aromatic heterocycles. The van der Waals surface area contributed by atoms with Crippen molar-refractivity contribution in [3.8, 4) is 28.7 Å². The number of phenols is 1. The van der Waals surface area contributed by atoms with Crippen LogP contribution in [0.3, 0.4) is 0 Å². The Morgan fingerprint density at radius 3 is 2.46 bits per heavy atom. The molecule has 5 nitrogen and oxygen atoms in total. The summed E-state index contributed by atoms with van der Waals surface area (Å²) in [5, 5.41) is 20.7. The van der Waals surface area contributed by atoms with E-state index in [4.69, 9.17) is 14.2 Å². The predicted molar refractivity (Wildman–Crippen MR) is 100 cm³/mol. The number of methoxy groups -OCH3 is 2. The highest BCUT2D eigenvalue weighted by molar-refractivity contribution is 5.70. The Morgan fingerprint density at radius 2 is 1.77 bits per heavy atom. The Balaban J connectivity index is 2.07. The molecule has 0 saturated carbocycles. The van der Waals surface area contributed by atoms with Crippen molar-refractivity contribution in [3.05, 3.63) is 47.5 Å². The normalized spacial score (nSPS) is 17.1. The van der Waals surface area contributed by atoms with Gasteiger partial charge in [0, 0.05) is 5.56 Å². The number of hydrogen-bond acceptors (Lipinski definition) is 5. The molecule has 2 N–H and O–H groups in total. The molecule has 5 heteroatoms. The molecule has 2 aromatic rings. The summed E-state index contributed by atoms with van der Waals surface area (Å²) in [6.07, 6.45) is 6.43. The number of aromatic hydroxyl groups is 1. The van der Waals surface area contributed by atoms with Gasteiger partial charge in [0.25, 0.3) is 0 Å². The second-order valence-corrected chi connectivity index (χ2v) is 6.30. The lowest BCUT2D eigenvalue weighted by atomic mass is 10.0. The van der Waals surface area contributed by atoms with Gasteiger partial charge in [-0.15, -0.1) is 0 Å². The molecule has 0 spiro atoms. The first-order valence-corrected chi connectivity index (χ1v) is 8.71. The number of benzene rings is 2. The molecule has 0 amide bonds. The third-order valence-electron chi connectivity index (χ3n) is 4.49. The van der Waals surface area contributed by atoms with Crippen LogP contribution in [0, 0.1) is 0 Å². The van der Waals surface area contributed by atoms with Crippen molar-refractivity contribution in [2.24, 2.45) is 0 Å². The lowest BCUT2D eigenvalue weighted by Crippen LogP contribution is -2.07. The lowest BCUT2D eigenvalue weighted by molar-refractivity contribution is 0.156. The number of aliphatic hydroxyl groups excluding tert-OH is 1. The highest BCUT2D eigenvalue weighted by atomic mass is 16.5. The lowest BCUT2D eigenvalue weighted by Gasteiger charge is -2.16. The van der Waals surface area contributed by atoms with Gasteiger partial charge in [-0.05, 0) is 49.4 Å². The van der Waals surface area contributed by atoms with Crippen molar-refractivity contribution in [1.82, 2.24) is 0 Å². The molecule has 138 valence electrons. The number of allylic oxidation sites excluding steroid dienone is 1. The molecule has 26 heavy (non-hydrogen) atoms. The van der Waals surface area contributed by atoms with Crippen LogP contribution in [0.15, 0.2) is 36.4 Å². The monoisotopic (exact) mass is 356 g/mol. The van der Waals surface area contributed by atoms with Gasteiger partial charge in [0.1, 0.15) is 5.75 Å². The van der Waals surface area contributed by atoms with Crippen LogP contribution in [-0.4, -0.2) is 30.5 Å². The van der Waals surface area contributed by atoms with E-state index in [0.717, 1.165) is 24.8 Å². The maximum Gasteiger partial charge on any atom is 0.207 e. The van der Waals surface area contributed by atoms with Gasteiger partial charge in [-0.25, -0.2) is 0 Å². The molecular formula is C21H24O5. The second kappa shape index (κ2) is 8.15. The standard InChI is InChI=1S/C21H24O5/c1-24-20-15-5-3-4-6-16(22)10-7-14-8-11-17(12-9-14)26-18(13-15)21(25-2)19(20)23/h3,5,8-9,11-13,16,22-23H,4,6-7,10H2,1-2H3/t16-/m0/s1. The van der Waals surface area contributed by atoms with Gasteiger partial charge in [0.05, 0.1) is 20.3 Å². The Hall–Kier alpha value is -2.66. The SMILES string of the molecule is COc1c2cc(c(OC)c1O)Oc1ccc(cc1)CC[C@@H](O)CCC=C2. The molecule has 0 radical (unpaired) electrons. The molecular weight excluding hydrogens is 332 g/mol.